The molecule has 0 aromatic heterocycles. The highest BCUT2D eigenvalue weighted by Gasteiger charge is 2.43. The number of halogens is 1. The Morgan fingerprint density at radius 2 is 1.75 bits per heavy atom. The largest absolute Gasteiger partial charge is 0.362 e. The Kier molecular flexibility index (Phi) is 6.09. The maximum Gasteiger partial charge on any atom is 0.208 e. The molecular weight excluding hydrogens is 182 g/mol. The summed E-state index contributed by atoms with van der Waals surface area (Å²) in [4.78, 5) is 0. The average molecular weight is 200 g/mol. The molecule has 0 aliphatic rings. The van der Waals surface area contributed by atoms with Gasteiger partial charge in [0.15, 0.2) is 5.72 Å². The van der Waals surface area contributed by atoms with E-state index in [9.17, 15) is 5.11 Å². The maximum atomic E-state index is 9.68. The fourth-order valence-electron chi connectivity index (χ4n) is 0.857. The molecule has 5 heteroatoms. The zero-order valence-electron chi connectivity index (χ0n) is 7.96. The molecule has 0 aliphatic carbocycles. The summed E-state index contributed by atoms with van der Waals surface area (Å²) in [7, 11) is 2.83. The van der Waals surface area contributed by atoms with Crippen LogP contribution in [-0.4, -0.2) is 30.8 Å². The molecule has 0 rings (SSSR count). The summed E-state index contributed by atoms with van der Waals surface area (Å²) in [5.74, 6) is -1.41. The van der Waals surface area contributed by atoms with Crippen molar-refractivity contribution >= 4 is 12.4 Å². The van der Waals surface area contributed by atoms with E-state index in [2.05, 4.69) is 0 Å². The Labute approximate surface area is 79.4 Å². The second-order valence-corrected chi connectivity index (χ2v) is 2.65. The van der Waals surface area contributed by atoms with Crippen LogP contribution in [0.15, 0.2) is 0 Å². The average Bonchev–Trinajstić information content (AvgIpc) is 2.02. The normalized spacial score (nSPS) is 20.5. The molecule has 0 amide bonds. The van der Waals surface area contributed by atoms with E-state index in [0.717, 1.165) is 0 Å². The number of hydrogen-bond acceptors (Lipinski definition) is 4. The summed E-state index contributed by atoms with van der Waals surface area (Å²) >= 11 is 0. The van der Waals surface area contributed by atoms with Gasteiger partial charge in [-0.15, -0.1) is 12.4 Å². The first-order valence-electron chi connectivity index (χ1n) is 3.55. The maximum absolute atomic E-state index is 9.68. The SMILES string of the molecule is CCC(O)(OC)C(C)(N)OC.Cl. The molecule has 0 heterocycles. The van der Waals surface area contributed by atoms with E-state index in [1.165, 1.54) is 14.2 Å². The Morgan fingerprint density at radius 3 is 1.83 bits per heavy atom. The van der Waals surface area contributed by atoms with Gasteiger partial charge in [-0.3, -0.25) is 5.73 Å². The second kappa shape index (κ2) is 4.99. The fraction of sp³-hybridized carbons (Fsp3) is 1.00. The molecule has 76 valence electrons. The van der Waals surface area contributed by atoms with Crippen LogP contribution >= 0.6 is 12.4 Å². The van der Waals surface area contributed by atoms with Crippen molar-refractivity contribution in [1.29, 1.82) is 0 Å². The number of methoxy groups -OCH3 is 2. The summed E-state index contributed by atoms with van der Waals surface area (Å²) in [6.45, 7) is 3.34. The molecule has 0 aromatic carbocycles. The lowest BCUT2D eigenvalue weighted by molar-refractivity contribution is -0.290. The zero-order valence-corrected chi connectivity index (χ0v) is 8.77. The Bertz CT molecular complexity index is 126. The monoisotopic (exact) mass is 199 g/mol. The summed E-state index contributed by atoms with van der Waals surface area (Å²) in [5.41, 5.74) is 4.45. The number of ether oxygens (including phenoxy) is 2. The van der Waals surface area contributed by atoms with Gasteiger partial charge in [0.25, 0.3) is 0 Å². The minimum Gasteiger partial charge on any atom is -0.362 e. The van der Waals surface area contributed by atoms with Gasteiger partial charge in [-0.1, -0.05) is 6.92 Å². The Morgan fingerprint density at radius 1 is 1.33 bits per heavy atom. The van der Waals surface area contributed by atoms with Crippen LogP contribution in [0.5, 0.6) is 0 Å². The van der Waals surface area contributed by atoms with Crippen LogP contribution in [0.4, 0.5) is 0 Å². The molecule has 0 fully saturated rings. The first-order chi connectivity index (χ1) is 4.93. The van der Waals surface area contributed by atoms with E-state index in [1.54, 1.807) is 13.8 Å². The lowest BCUT2D eigenvalue weighted by Crippen LogP contribution is -2.60. The van der Waals surface area contributed by atoms with Gasteiger partial charge in [-0.25, -0.2) is 0 Å². The molecule has 4 nitrogen and oxygen atoms in total. The minimum atomic E-state index is -1.41. The zero-order chi connectivity index (χ0) is 9.12. The lowest BCUT2D eigenvalue weighted by Gasteiger charge is -2.38. The van der Waals surface area contributed by atoms with Crippen molar-refractivity contribution in [3.05, 3.63) is 0 Å². The standard InChI is InChI=1S/C7H17NO3.ClH/c1-5-7(9,11-4)6(2,8)10-3;/h9H,5,8H2,1-4H3;1H. The van der Waals surface area contributed by atoms with Crippen LogP contribution in [0.3, 0.4) is 0 Å². The highest BCUT2D eigenvalue weighted by atomic mass is 35.5. The molecule has 0 saturated heterocycles. The first-order valence-corrected chi connectivity index (χ1v) is 3.55. The van der Waals surface area contributed by atoms with Gasteiger partial charge in [0.2, 0.25) is 5.79 Å². The van der Waals surface area contributed by atoms with Crippen LogP contribution in [0.25, 0.3) is 0 Å². The molecule has 0 bridgehead atoms. The van der Waals surface area contributed by atoms with E-state index in [1.807, 2.05) is 0 Å². The number of nitrogens with two attached hydrogens (primary N) is 1. The van der Waals surface area contributed by atoms with Gasteiger partial charge in [0, 0.05) is 20.6 Å². The van der Waals surface area contributed by atoms with E-state index in [-0.39, 0.29) is 12.4 Å². The number of rotatable bonds is 4. The van der Waals surface area contributed by atoms with E-state index < -0.39 is 11.5 Å². The molecule has 2 atom stereocenters. The van der Waals surface area contributed by atoms with Crippen molar-refractivity contribution in [2.24, 2.45) is 5.73 Å². The summed E-state index contributed by atoms with van der Waals surface area (Å²) in [5, 5.41) is 9.68. The molecule has 2 unspecified atom stereocenters. The Hall–Kier alpha value is 0.130. The van der Waals surface area contributed by atoms with Gasteiger partial charge in [-0.05, 0) is 6.92 Å². The molecule has 0 aliphatic heterocycles. The van der Waals surface area contributed by atoms with E-state index in [0.29, 0.717) is 6.42 Å². The fourth-order valence-corrected chi connectivity index (χ4v) is 0.857. The highest BCUT2D eigenvalue weighted by molar-refractivity contribution is 5.85. The molecule has 0 radical (unpaired) electrons. The summed E-state index contributed by atoms with van der Waals surface area (Å²) in [6, 6.07) is 0. The van der Waals surface area contributed by atoms with Gasteiger partial charge < -0.3 is 14.6 Å². The van der Waals surface area contributed by atoms with Crippen LogP contribution in [0, 0.1) is 0 Å². The predicted octanol–water partition coefficient (Wildman–Crippen LogP) is 0.474. The van der Waals surface area contributed by atoms with Crippen molar-refractivity contribution in [2.45, 2.75) is 31.8 Å². The number of hydrogen-bond donors (Lipinski definition) is 2. The molecule has 0 spiro atoms. The lowest BCUT2D eigenvalue weighted by atomic mass is 10.0. The summed E-state index contributed by atoms with van der Waals surface area (Å²) < 4.78 is 9.74. The van der Waals surface area contributed by atoms with E-state index in [4.69, 9.17) is 15.2 Å². The third-order valence-electron chi connectivity index (χ3n) is 2.02. The molecule has 12 heavy (non-hydrogen) atoms. The third-order valence-corrected chi connectivity index (χ3v) is 2.02. The van der Waals surface area contributed by atoms with Crippen molar-refractivity contribution in [1.82, 2.24) is 0 Å². The molecular formula is C7H18ClNO3. The van der Waals surface area contributed by atoms with Crippen molar-refractivity contribution < 1.29 is 14.6 Å². The van der Waals surface area contributed by atoms with Crippen molar-refractivity contribution in [3.63, 3.8) is 0 Å². The van der Waals surface area contributed by atoms with E-state index >= 15 is 0 Å². The van der Waals surface area contributed by atoms with Gasteiger partial charge in [-0.2, -0.15) is 0 Å². The van der Waals surface area contributed by atoms with Crippen molar-refractivity contribution in [3.8, 4) is 0 Å². The van der Waals surface area contributed by atoms with Gasteiger partial charge in [0.1, 0.15) is 0 Å². The van der Waals surface area contributed by atoms with Crippen molar-refractivity contribution in [2.75, 3.05) is 14.2 Å². The quantitative estimate of drug-likeness (QED) is 0.647. The highest BCUT2D eigenvalue weighted by Crippen LogP contribution is 2.24. The Balaban J connectivity index is 0. The minimum absolute atomic E-state index is 0. The van der Waals surface area contributed by atoms with Crippen LogP contribution in [0.1, 0.15) is 20.3 Å². The topological polar surface area (TPSA) is 64.7 Å². The van der Waals surface area contributed by atoms with Crippen LogP contribution in [0.2, 0.25) is 0 Å². The van der Waals surface area contributed by atoms with Crippen LogP contribution < -0.4 is 5.73 Å². The third kappa shape index (κ3) is 2.57. The number of aliphatic hydroxyl groups is 1. The second-order valence-electron chi connectivity index (χ2n) is 2.65. The molecule has 0 aromatic rings. The summed E-state index contributed by atoms with van der Waals surface area (Å²) in [6.07, 6.45) is 0.379. The van der Waals surface area contributed by atoms with Gasteiger partial charge >= 0.3 is 0 Å². The first kappa shape index (κ1) is 14.6. The predicted molar refractivity (Wildman–Crippen MR) is 49.1 cm³/mol. The molecule has 3 N–H and O–H groups in total. The smallest absolute Gasteiger partial charge is 0.208 e. The molecule has 0 saturated carbocycles. The van der Waals surface area contributed by atoms with Crippen LogP contribution in [-0.2, 0) is 9.47 Å². The van der Waals surface area contributed by atoms with Gasteiger partial charge in [0.05, 0.1) is 0 Å².